The average molecular weight is 336 g/mol. The van der Waals surface area contributed by atoms with Crippen molar-refractivity contribution in [2.45, 2.75) is 13.3 Å². The SMILES string of the molecule is CCOC(=O)C(=O)NNC(=O)Cc1ccc2ncc(Cl)cc2c1. The van der Waals surface area contributed by atoms with Gasteiger partial charge < -0.3 is 4.74 Å². The highest BCUT2D eigenvalue weighted by atomic mass is 35.5. The highest BCUT2D eigenvalue weighted by molar-refractivity contribution is 6.32. The van der Waals surface area contributed by atoms with Gasteiger partial charge in [-0.15, -0.1) is 0 Å². The van der Waals surface area contributed by atoms with Gasteiger partial charge in [0.15, 0.2) is 0 Å². The maximum atomic E-state index is 11.8. The number of aromatic nitrogens is 1. The first-order valence-electron chi connectivity index (χ1n) is 6.79. The summed E-state index contributed by atoms with van der Waals surface area (Å²) in [5.41, 5.74) is 5.61. The highest BCUT2D eigenvalue weighted by Crippen LogP contribution is 2.18. The molecule has 0 aliphatic carbocycles. The Balaban J connectivity index is 1.95. The Morgan fingerprint density at radius 1 is 1.22 bits per heavy atom. The molecule has 2 rings (SSSR count). The molecular weight excluding hydrogens is 322 g/mol. The molecule has 2 N–H and O–H groups in total. The number of benzene rings is 1. The van der Waals surface area contributed by atoms with Crippen LogP contribution in [-0.4, -0.2) is 29.4 Å². The van der Waals surface area contributed by atoms with E-state index < -0.39 is 17.8 Å². The molecule has 7 nitrogen and oxygen atoms in total. The second kappa shape index (κ2) is 7.55. The Hall–Kier alpha value is -2.67. The second-order valence-corrected chi connectivity index (χ2v) is 5.02. The maximum absolute atomic E-state index is 11.8. The van der Waals surface area contributed by atoms with E-state index in [1.54, 1.807) is 37.4 Å². The molecule has 0 spiro atoms. The number of nitrogens with one attached hydrogen (secondary N) is 2. The van der Waals surface area contributed by atoms with E-state index >= 15 is 0 Å². The first-order valence-corrected chi connectivity index (χ1v) is 7.17. The van der Waals surface area contributed by atoms with E-state index in [1.807, 2.05) is 5.43 Å². The molecule has 0 saturated heterocycles. The van der Waals surface area contributed by atoms with Crippen molar-refractivity contribution in [2.24, 2.45) is 0 Å². The third kappa shape index (κ3) is 4.65. The topological polar surface area (TPSA) is 97.4 Å². The van der Waals surface area contributed by atoms with Crippen molar-refractivity contribution in [3.8, 4) is 0 Å². The van der Waals surface area contributed by atoms with Crippen molar-refractivity contribution in [1.82, 2.24) is 15.8 Å². The standard InChI is InChI=1S/C15H14ClN3O4/c1-2-23-15(22)14(21)19-18-13(20)6-9-3-4-12-10(5-9)7-11(16)8-17-12/h3-5,7-8H,2,6H2,1H3,(H,18,20)(H,19,21). The number of halogens is 1. The smallest absolute Gasteiger partial charge is 0.398 e. The Kier molecular flexibility index (Phi) is 5.48. The molecule has 1 heterocycles. The van der Waals surface area contributed by atoms with Crippen LogP contribution in [0, 0.1) is 0 Å². The number of hydrogen-bond donors (Lipinski definition) is 2. The molecule has 0 radical (unpaired) electrons. The number of fused-ring (bicyclic) bond motifs is 1. The molecular formula is C15H14ClN3O4. The molecule has 0 atom stereocenters. The molecule has 0 aliphatic heterocycles. The summed E-state index contributed by atoms with van der Waals surface area (Å²) in [5, 5.41) is 1.30. The molecule has 120 valence electrons. The first kappa shape index (κ1) is 16.7. The number of rotatable bonds is 3. The van der Waals surface area contributed by atoms with Crippen molar-refractivity contribution in [3.05, 3.63) is 41.0 Å². The molecule has 1 aromatic heterocycles. The van der Waals surface area contributed by atoms with Crippen molar-refractivity contribution in [2.75, 3.05) is 6.61 Å². The Labute approximate surface area is 136 Å². The zero-order valence-electron chi connectivity index (χ0n) is 12.3. The van der Waals surface area contributed by atoms with Crippen molar-refractivity contribution >= 4 is 40.3 Å². The summed E-state index contributed by atoms with van der Waals surface area (Å²) in [6.45, 7) is 1.65. The van der Waals surface area contributed by atoms with E-state index in [9.17, 15) is 14.4 Å². The molecule has 0 bridgehead atoms. The fourth-order valence-corrected chi connectivity index (χ4v) is 2.03. The molecule has 0 unspecified atom stereocenters. The second-order valence-electron chi connectivity index (χ2n) is 4.58. The van der Waals surface area contributed by atoms with Crippen LogP contribution in [-0.2, 0) is 25.5 Å². The number of nitrogens with zero attached hydrogens (tertiary/aromatic N) is 1. The molecule has 0 fully saturated rings. The molecule has 1 aromatic carbocycles. The quantitative estimate of drug-likeness (QED) is 0.498. The molecule has 8 heteroatoms. The third-order valence-electron chi connectivity index (χ3n) is 2.85. The fourth-order valence-electron chi connectivity index (χ4n) is 1.87. The van der Waals surface area contributed by atoms with Gasteiger partial charge >= 0.3 is 11.9 Å². The highest BCUT2D eigenvalue weighted by Gasteiger charge is 2.15. The summed E-state index contributed by atoms with van der Waals surface area (Å²) in [7, 11) is 0. The predicted octanol–water partition coefficient (Wildman–Crippen LogP) is 1.14. The molecule has 0 aliphatic rings. The number of carbonyl (C=O) groups excluding carboxylic acids is 3. The fraction of sp³-hybridized carbons (Fsp3) is 0.200. The largest absolute Gasteiger partial charge is 0.459 e. The van der Waals surface area contributed by atoms with E-state index in [-0.39, 0.29) is 13.0 Å². The monoisotopic (exact) mass is 335 g/mol. The van der Waals surface area contributed by atoms with Gasteiger partial charge in [0.05, 0.1) is 23.6 Å². The minimum absolute atomic E-state index is 0.0194. The lowest BCUT2D eigenvalue weighted by Gasteiger charge is -2.07. The number of ether oxygens (including phenoxy) is 1. The molecule has 23 heavy (non-hydrogen) atoms. The van der Waals surface area contributed by atoms with Crippen LogP contribution in [0.15, 0.2) is 30.5 Å². The molecule has 0 saturated carbocycles. The summed E-state index contributed by atoms with van der Waals surface area (Å²) in [4.78, 5) is 38.3. The Bertz CT molecular complexity index is 763. The summed E-state index contributed by atoms with van der Waals surface area (Å²) >= 11 is 5.88. The lowest BCUT2D eigenvalue weighted by Crippen LogP contribution is -2.46. The van der Waals surface area contributed by atoms with Gasteiger partial charge in [-0.05, 0) is 30.7 Å². The minimum atomic E-state index is -1.06. The summed E-state index contributed by atoms with van der Waals surface area (Å²) in [6, 6.07) is 7.04. The van der Waals surface area contributed by atoms with E-state index in [4.69, 9.17) is 11.6 Å². The van der Waals surface area contributed by atoms with Crippen LogP contribution in [0.3, 0.4) is 0 Å². The number of pyridine rings is 1. The van der Waals surface area contributed by atoms with Gasteiger partial charge in [-0.1, -0.05) is 17.7 Å². The van der Waals surface area contributed by atoms with E-state index in [1.165, 1.54) is 0 Å². The van der Waals surface area contributed by atoms with Gasteiger partial charge in [-0.2, -0.15) is 0 Å². The Morgan fingerprint density at radius 2 is 2.00 bits per heavy atom. The van der Waals surface area contributed by atoms with Crippen LogP contribution in [0.5, 0.6) is 0 Å². The summed E-state index contributed by atoms with van der Waals surface area (Å²) in [5.74, 6) is -2.56. The number of carbonyl (C=O) groups is 3. The maximum Gasteiger partial charge on any atom is 0.398 e. The molecule has 2 aromatic rings. The van der Waals surface area contributed by atoms with Crippen LogP contribution in [0.2, 0.25) is 5.02 Å². The lowest BCUT2D eigenvalue weighted by molar-refractivity contribution is -0.155. The van der Waals surface area contributed by atoms with Crippen LogP contribution >= 0.6 is 11.6 Å². The normalized spacial score (nSPS) is 10.2. The van der Waals surface area contributed by atoms with Crippen molar-refractivity contribution in [3.63, 3.8) is 0 Å². The van der Waals surface area contributed by atoms with Crippen LogP contribution in [0.25, 0.3) is 10.9 Å². The van der Waals surface area contributed by atoms with E-state index in [0.29, 0.717) is 10.6 Å². The summed E-state index contributed by atoms with van der Waals surface area (Å²) < 4.78 is 4.49. The van der Waals surface area contributed by atoms with Gasteiger partial charge in [-0.3, -0.25) is 25.4 Å². The third-order valence-corrected chi connectivity index (χ3v) is 3.06. The predicted molar refractivity (Wildman–Crippen MR) is 83.4 cm³/mol. The van der Waals surface area contributed by atoms with Crippen molar-refractivity contribution in [1.29, 1.82) is 0 Å². The van der Waals surface area contributed by atoms with Crippen molar-refractivity contribution < 1.29 is 19.1 Å². The number of hydrazine groups is 1. The number of hydrogen-bond acceptors (Lipinski definition) is 5. The van der Waals surface area contributed by atoms with Gasteiger partial charge in [0, 0.05) is 11.6 Å². The van der Waals surface area contributed by atoms with Gasteiger partial charge in [0.2, 0.25) is 5.91 Å². The van der Waals surface area contributed by atoms with Gasteiger partial charge in [0.1, 0.15) is 0 Å². The molecule has 2 amide bonds. The average Bonchev–Trinajstić information content (AvgIpc) is 2.52. The first-order chi connectivity index (χ1) is 11.0. The summed E-state index contributed by atoms with van der Waals surface area (Å²) in [6.07, 6.45) is 1.56. The number of esters is 1. The van der Waals surface area contributed by atoms with Gasteiger partial charge in [0.25, 0.3) is 0 Å². The zero-order chi connectivity index (χ0) is 16.8. The Morgan fingerprint density at radius 3 is 2.74 bits per heavy atom. The van der Waals surface area contributed by atoms with Crippen LogP contribution in [0.4, 0.5) is 0 Å². The minimum Gasteiger partial charge on any atom is -0.459 e. The lowest BCUT2D eigenvalue weighted by atomic mass is 10.1. The van der Waals surface area contributed by atoms with E-state index in [0.717, 1.165) is 10.9 Å². The van der Waals surface area contributed by atoms with Crippen LogP contribution in [0.1, 0.15) is 12.5 Å². The van der Waals surface area contributed by atoms with Crippen LogP contribution < -0.4 is 10.9 Å². The van der Waals surface area contributed by atoms with E-state index in [2.05, 4.69) is 15.1 Å². The number of amides is 2. The van der Waals surface area contributed by atoms with Gasteiger partial charge in [-0.25, -0.2) is 4.79 Å². The zero-order valence-corrected chi connectivity index (χ0v) is 13.0.